The summed E-state index contributed by atoms with van der Waals surface area (Å²) in [6, 6.07) is 6.27. The summed E-state index contributed by atoms with van der Waals surface area (Å²) in [6.45, 7) is 5.82. The van der Waals surface area contributed by atoms with Crippen LogP contribution in [0.3, 0.4) is 0 Å². The van der Waals surface area contributed by atoms with Gasteiger partial charge in [0, 0.05) is 30.7 Å². The van der Waals surface area contributed by atoms with Crippen LogP contribution in [0, 0.1) is 0 Å². The van der Waals surface area contributed by atoms with Gasteiger partial charge in [-0.05, 0) is 44.0 Å². The van der Waals surface area contributed by atoms with Crippen molar-refractivity contribution in [2.75, 3.05) is 11.9 Å². The molecule has 5 nitrogen and oxygen atoms in total. The molecule has 1 aliphatic heterocycles. The lowest BCUT2D eigenvalue weighted by Crippen LogP contribution is -2.26. The molecule has 1 aromatic heterocycles. The molecule has 0 bridgehead atoms. The van der Waals surface area contributed by atoms with Crippen molar-refractivity contribution < 1.29 is 0 Å². The Kier molecular flexibility index (Phi) is 3.75. The fraction of sp³-hybridized carbons (Fsp3) is 0.375. The third-order valence-electron chi connectivity index (χ3n) is 3.82. The molecule has 0 spiro atoms. The molecule has 0 saturated heterocycles. The second kappa shape index (κ2) is 5.69. The number of nitrogens with zero attached hydrogens (tertiary/aromatic N) is 2. The average Bonchev–Trinajstić information content (AvgIpc) is 2.49. The molecule has 21 heavy (non-hydrogen) atoms. The van der Waals surface area contributed by atoms with Gasteiger partial charge in [-0.3, -0.25) is 4.79 Å². The Bertz CT molecular complexity index is 706. The Hall–Kier alpha value is -2.14. The SMILES string of the molecule is CC(C)n1ccnc(Nc2cccc3c2CCNC3)c1=O. The largest absolute Gasteiger partial charge is 0.335 e. The molecule has 1 aliphatic rings. The molecule has 0 aliphatic carbocycles. The Labute approximate surface area is 124 Å². The molecule has 5 heteroatoms. The van der Waals surface area contributed by atoms with E-state index in [1.807, 2.05) is 26.0 Å². The van der Waals surface area contributed by atoms with E-state index in [1.54, 1.807) is 17.0 Å². The first-order valence-electron chi connectivity index (χ1n) is 7.32. The lowest BCUT2D eigenvalue weighted by Gasteiger charge is -2.21. The van der Waals surface area contributed by atoms with Crippen molar-refractivity contribution in [3.63, 3.8) is 0 Å². The van der Waals surface area contributed by atoms with Gasteiger partial charge in [-0.25, -0.2) is 4.98 Å². The predicted octanol–water partition coefficient (Wildman–Crippen LogP) is 2.21. The maximum Gasteiger partial charge on any atom is 0.293 e. The van der Waals surface area contributed by atoms with E-state index < -0.39 is 0 Å². The molecule has 0 amide bonds. The molecule has 1 aromatic carbocycles. The van der Waals surface area contributed by atoms with E-state index in [1.165, 1.54) is 11.1 Å². The molecule has 2 N–H and O–H groups in total. The Balaban J connectivity index is 1.98. The fourth-order valence-electron chi connectivity index (χ4n) is 2.69. The van der Waals surface area contributed by atoms with E-state index in [0.717, 1.165) is 25.2 Å². The van der Waals surface area contributed by atoms with Crippen LogP contribution in [-0.2, 0) is 13.0 Å². The minimum Gasteiger partial charge on any atom is -0.335 e. The summed E-state index contributed by atoms with van der Waals surface area (Å²) in [7, 11) is 0. The summed E-state index contributed by atoms with van der Waals surface area (Å²) < 4.78 is 1.69. The normalized spacial score (nSPS) is 14.0. The zero-order valence-corrected chi connectivity index (χ0v) is 12.4. The van der Waals surface area contributed by atoms with E-state index in [0.29, 0.717) is 5.82 Å². The van der Waals surface area contributed by atoms with Gasteiger partial charge >= 0.3 is 0 Å². The van der Waals surface area contributed by atoms with Crippen LogP contribution in [-0.4, -0.2) is 16.1 Å². The summed E-state index contributed by atoms with van der Waals surface area (Å²) in [5.74, 6) is 0.387. The van der Waals surface area contributed by atoms with Crippen LogP contribution >= 0.6 is 0 Å². The number of benzene rings is 1. The Morgan fingerprint density at radius 2 is 2.24 bits per heavy atom. The molecule has 0 radical (unpaired) electrons. The second-order valence-corrected chi connectivity index (χ2v) is 5.58. The number of hydrogen-bond donors (Lipinski definition) is 2. The van der Waals surface area contributed by atoms with Gasteiger partial charge in [-0.15, -0.1) is 0 Å². The number of fused-ring (bicyclic) bond motifs is 1. The lowest BCUT2D eigenvalue weighted by atomic mass is 9.99. The standard InChI is InChI=1S/C16H20N4O/c1-11(2)20-9-8-18-15(16(20)21)19-14-5-3-4-12-10-17-7-6-13(12)14/h3-5,8-9,11,17H,6-7,10H2,1-2H3,(H,18,19). The van der Waals surface area contributed by atoms with Crippen LogP contribution in [0.1, 0.15) is 31.0 Å². The number of hydrogen-bond acceptors (Lipinski definition) is 4. The molecule has 0 atom stereocenters. The average molecular weight is 284 g/mol. The molecule has 0 fully saturated rings. The van der Waals surface area contributed by atoms with Crippen molar-refractivity contribution in [3.05, 3.63) is 52.1 Å². The molecule has 0 unspecified atom stereocenters. The first-order valence-corrected chi connectivity index (χ1v) is 7.32. The van der Waals surface area contributed by atoms with Crippen molar-refractivity contribution in [3.8, 4) is 0 Å². The topological polar surface area (TPSA) is 59.0 Å². The predicted molar refractivity (Wildman–Crippen MR) is 84.0 cm³/mol. The highest BCUT2D eigenvalue weighted by atomic mass is 16.1. The molecule has 110 valence electrons. The van der Waals surface area contributed by atoms with Gasteiger partial charge in [0.1, 0.15) is 0 Å². The van der Waals surface area contributed by atoms with Gasteiger partial charge in [0.25, 0.3) is 5.56 Å². The van der Waals surface area contributed by atoms with Crippen LogP contribution in [0.5, 0.6) is 0 Å². The monoisotopic (exact) mass is 284 g/mol. The van der Waals surface area contributed by atoms with Crippen molar-refractivity contribution in [2.45, 2.75) is 32.9 Å². The number of aromatic nitrogens is 2. The molecular formula is C16H20N4O. The van der Waals surface area contributed by atoms with Gasteiger partial charge < -0.3 is 15.2 Å². The van der Waals surface area contributed by atoms with Crippen LogP contribution < -0.4 is 16.2 Å². The molecule has 3 rings (SSSR count). The molecule has 2 heterocycles. The number of nitrogens with one attached hydrogen (secondary N) is 2. The molecular weight excluding hydrogens is 264 g/mol. The summed E-state index contributed by atoms with van der Waals surface area (Å²) in [5.41, 5.74) is 3.46. The van der Waals surface area contributed by atoms with Crippen molar-refractivity contribution in [2.24, 2.45) is 0 Å². The van der Waals surface area contributed by atoms with Crippen LogP contribution in [0.15, 0.2) is 35.4 Å². The maximum atomic E-state index is 12.4. The minimum absolute atomic E-state index is 0.0842. The highest BCUT2D eigenvalue weighted by Crippen LogP contribution is 2.24. The van der Waals surface area contributed by atoms with Gasteiger partial charge in [0.05, 0.1) is 0 Å². The summed E-state index contributed by atoms with van der Waals surface area (Å²) in [5, 5.41) is 6.58. The second-order valence-electron chi connectivity index (χ2n) is 5.58. The maximum absolute atomic E-state index is 12.4. The summed E-state index contributed by atoms with van der Waals surface area (Å²) >= 11 is 0. The Morgan fingerprint density at radius 3 is 3.05 bits per heavy atom. The zero-order valence-electron chi connectivity index (χ0n) is 12.4. The van der Waals surface area contributed by atoms with E-state index in [9.17, 15) is 4.79 Å². The van der Waals surface area contributed by atoms with Gasteiger partial charge in [0.2, 0.25) is 0 Å². The zero-order chi connectivity index (χ0) is 14.8. The van der Waals surface area contributed by atoms with Gasteiger partial charge in [-0.1, -0.05) is 12.1 Å². The number of rotatable bonds is 3. The highest BCUT2D eigenvalue weighted by molar-refractivity contribution is 5.62. The van der Waals surface area contributed by atoms with E-state index in [4.69, 9.17) is 0 Å². The van der Waals surface area contributed by atoms with Crippen LogP contribution in [0.2, 0.25) is 0 Å². The third kappa shape index (κ3) is 2.69. The van der Waals surface area contributed by atoms with E-state index >= 15 is 0 Å². The minimum atomic E-state index is -0.0842. The van der Waals surface area contributed by atoms with E-state index in [2.05, 4.69) is 21.7 Å². The lowest BCUT2D eigenvalue weighted by molar-refractivity contribution is 0.576. The van der Waals surface area contributed by atoms with Gasteiger partial charge in [-0.2, -0.15) is 0 Å². The summed E-state index contributed by atoms with van der Waals surface area (Å²) in [6.07, 6.45) is 4.35. The van der Waals surface area contributed by atoms with Crippen molar-refractivity contribution >= 4 is 11.5 Å². The number of anilines is 2. The first-order chi connectivity index (χ1) is 10.2. The fourth-order valence-corrected chi connectivity index (χ4v) is 2.69. The van der Waals surface area contributed by atoms with Gasteiger partial charge in [0.15, 0.2) is 5.82 Å². The molecule has 0 saturated carbocycles. The van der Waals surface area contributed by atoms with Crippen molar-refractivity contribution in [1.29, 1.82) is 0 Å². The quantitative estimate of drug-likeness (QED) is 0.907. The van der Waals surface area contributed by atoms with Crippen LogP contribution in [0.4, 0.5) is 11.5 Å². The van der Waals surface area contributed by atoms with Crippen LogP contribution in [0.25, 0.3) is 0 Å². The van der Waals surface area contributed by atoms with Crippen molar-refractivity contribution in [1.82, 2.24) is 14.9 Å². The first kappa shape index (κ1) is 13.8. The Morgan fingerprint density at radius 1 is 1.38 bits per heavy atom. The van der Waals surface area contributed by atoms with E-state index in [-0.39, 0.29) is 11.6 Å². The highest BCUT2D eigenvalue weighted by Gasteiger charge is 2.14. The molecule has 2 aromatic rings. The third-order valence-corrected chi connectivity index (χ3v) is 3.82. The smallest absolute Gasteiger partial charge is 0.293 e. The summed E-state index contributed by atoms with van der Waals surface area (Å²) in [4.78, 5) is 16.6.